The van der Waals surface area contributed by atoms with Gasteiger partial charge in [-0.3, -0.25) is 9.59 Å². The SMILES string of the molecule is COc1ccc2cnn(CC(=O)NC[C@H]3C[C@@H]4C=C[C@@H]3C4)c(=O)c2c1OC. The van der Waals surface area contributed by atoms with Crippen LogP contribution in [-0.4, -0.2) is 36.5 Å². The molecule has 1 saturated carbocycles. The standard InChI is InChI=1S/C20H23N3O4/c1-26-16-6-5-14-10-22-23(20(25)18(14)19(16)27-2)11-17(24)21-9-15-8-12-3-4-13(15)7-12/h3-6,10,12-13,15H,7-9,11H2,1-2H3,(H,21,24)/t12-,13-,15-/m1/s1. The van der Waals surface area contributed by atoms with Crippen LogP contribution < -0.4 is 20.3 Å². The molecule has 2 aliphatic carbocycles. The molecule has 2 aliphatic rings. The van der Waals surface area contributed by atoms with E-state index in [1.807, 2.05) is 0 Å². The molecule has 3 atom stereocenters. The molecule has 1 aromatic carbocycles. The number of fused-ring (bicyclic) bond motifs is 3. The number of methoxy groups -OCH3 is 2. The first kappa shape index (κ1) is 17.6. The Bertz CT molecular complexity index is 966. The predicted octanol–water partition coefficient (Wildman–Crippen LogP) is 1.74. The highest BCUT2D eigenvalue weighted by Gasteiger charge is 2.35. The summed E-state index contributed by atoms with van der Waals surface area (Å²) in [6.45, 7) is 0.523. The van der Waals surface area contributed by atoms with Gasteiger partial charge in [0.1, 0.15) is 6.54 Å². The number of hydrogen-bond donors (Lipinski definition) is 1. The number of ether oxygens (including phenoxy) is 2. The van der Waals surface area contributed by atoms with Crippen molar-refractivity contribution in [2.75, 3.05) is 20.8 Å². The van der Waals surface area contributed by atoms with Crippen molar-refractivity contribution in [2.24, 2.45) is 17.8 Å². The number of aromatic nitrogens is 2. The van der Waals surface area contributed by atoms with E-state index in [0.29, 0.717) is 46.6 Å². The molecule has 0 radical (unpaired) electrons. The molecule has 142 valence electrons. The lowest BCUT2D eigenvalue weighted by atomic mass is 9.94. The van der Waals surface area contributed by atoms with E-state index in [1.165, 1.54) is 25.3 Å². The minimum atomic E-state index is -0.374. The van der Waals surface area contributed by atoms with Crippen molar-refractivity contribution in [2.45, 2.75) is 19.4 Å². The van der Waals surface area contributed by atoms with Crippen LogP contribution in [0, 0.1) is 17.8 Å². The Morgan fingerprint density at radius 1 is 1.26 bits per heavy atom. The molecule has 4 rings (SSSR count). The molecular weight excluding hydrogens is 346 g/mol. The first-order chi connectivity index (χ1) is 13.1. The van der Waals surface area contributed by atoms with Gasteiger partial charge in [-0.15, -0.1) is 0 Å². The first-order valence-electron chi connectivity index (χ1n) is 9.16. The van der Waals surface area contributed by atoms with E-state index < -0.39 is 0 Å². The quantitative estimate of drug-likeness (QED) is 0.785. The number of nitrogens with zero attached hydrogens (tertiary/aromatic N) is 2. The molecule has 27 heavy (non-hydrogen) atoms. The largest absolute Gasteiger partial charge is 0.493 e. The fraction of sp³-hybridized carbons (Fsp3) is 0.450. The maximum atomic E-state index is 12.9. The normalized spacial score (nSPS) is 23.0. The summed E-state index contributed by atoms with van der Waals surface area (Å²) in [5.74, 6) is 2.35. The number of rotatable bonds is 6. The Morgan fingerprint density at radius 2 is 2.11 bits per heavy atom. The Morgan fingerprint density at radius 3 is 2.78 bits per heavy atom. The summed E-state index contributed by atoms with van der Waals surface area (Å²) in [6.07, 6.45) is 8.44. The van der Waals surface area contributed by atoms with Crippen LogP contribution in [0.1, 0.15) is 12.8 Å². The van der Waals surface area contributed by atoms with E-state index in [0.717, 1.165) is 6.42 Å². The van der Waals surface area contributed by atoms with Crippen molar-refractivity contribution in [3.8, 4) is 11.5 Å². The number of allylic oxidation sites excluding steroid dienone is 2. The van der Waals surface area contributed by atoms with Crippen molar-refractivity contribution in [1.29, 1.82) is 0 Å². The molecule has 1 aromatic heterocycles. The molecular formula is C20H23N3O4. The summed E-state index contributed by atoms with van der Waals surface area (Å²) in [5.41, 5.74) is -0.374. The summed E-state index contributed by atoms with van der Waals surface area (Å²) in [6, 6.07) is 3.47. The Kier molecular flexibility index (Phi) is 4.59. The zero-order chi connectivity index (χ0) is 19.0. The van der Waals surface area contributed by atoms with Crippen molar-refractivity contribution in [3.63, 3.8) is 0 Å². The van der Waals surface area contributed by atoms with Gasteiger partial charge in [-0.1, -0.05) is 12.2 Å². The fourth-order valence-corrected chi connectivity index (χ4v) is 4.26. The number of hydrogen-bond acceptors (Lipinski definition) is 5. The van der Waals surface area contributed by atoms with Crippen LogP contribution in [0.25, 0.3) is 10.8 Å². The molecule has 7 heteroatoms. The summed E-state index contributed by atoms with van der Waals surface area (Å²) in [4.78, 5) is 25.2. The summed E-state index contributed by atoms with van der Waals surface area (Å²) >= 11 is 0. The van der Waals surface area contributed by atoms with Gasteiger partial charge in [0.2, 0.25) is 5.91 Å². The van der Waals surface area contributed by atoms with E-state index in [-0.39, 0.29) is 18.0 Å². The van der Waals surface area contributed by atoms with Crippen molar-refractivity contribution < 1.29 is 14.3 Å². The molecule has 0 unspecified atom stereocenters. The highest BCUT2D eigenvalue weighted by molar-refractivity contribution is 5.89. The lowest BCUT2D eigenvalue weighted by Crippen LogP contribution is -2.36. The predicted molar refractivity (Wildman–Crippen MR) is 101 cm³/mol. The van der Waals surface area contributed by atoms with Gasteiger partial charge in [-0.05, 0) is 42.7 Å². The second kappa shape index (κ2) is 7.06. The number of carbonyl (C=O) groups is 1. The zero-order valence-electron chi connectivity index (χ0n) is 15.5. The molecule has 1 heterocycles. The zero-order valence-corrected chi connectivity index (χ0v) is 15.5. The average Bonchev–Trinajstić information content (AvgIpc) is 3.31. The third-order valence-corrected chi connectivity index (χ3v) is 5.63. The summed E-state index contributed by atoms with van der Waals surface area (Å²) in [7, 11) is 3.00. The van der Waals surface area contributed by atoms with Crippen LogP contribution >= 0.6 is 0 Å². The topological polar surface area (TPSA) is 82.5 Å². The van der Waals surface area contributed by atoms with Crippen LogP contribution in [0.15, 0.2) is 35.3 Å². The maximum absolute atomic E-state index is 12.9. The third-order valence-electron chi connectivity index (χ3n) is 5.63. The molecule has 1 amide bonds. The molecule has 7 nitrogen and oxygen atoms in total. The molecule has 1 fully saturated rings. The molecule has 1 N–H and O–H groups in total. The van der Waals surface area contributed by atoms with Crippen LogP contribution in [0.4, 0.5) is 0 Å². The van der Waals surface area contributed by atoms with Gasteiger partial charge in [0.25, 0.3) is 5.56 Å². The Hall–Kier alpha value is -2.83. The van der Waals surface area contributed by atoms with E-state index >= 15 is 0 Å². The lowest BCUT2D eigenvalue weighted by molar-refractivity contribution is -0.122. The molecule has 0 aliphatic heterocycles. The van der Waals surface area contributed by atoms with E-state index in [2.05, 4.69) is 22.6 Å². The molecule has 0 saturated heterocycles. The number of benzene rings is 1. The van der Waals surface area contributed by atoms with Gasteiger partial charge in [0.05, 0.1) is 25.8 Å². The third kappa shape index (κ3) is 3.18. The highest BCUT2D eigenvalue weighted by atomic mass is 16.5. The first-order valence-corrected chi connectivity index (χ1v) is 9.16. The smallest absolute Gasteiger partial charge is 0.279 e. The Balaban J connectivity index is 1.51. The average molecular weight is 369 g/mol. The molecule has 2 aromatic rings. The summed E-state index contributed by atoms with van der Waals surface area (Å²) < 4.78 is 11.8. The minimum absolute atomic E-state index is 0.119. The highest BCUT2D eigenvalue weighted by Crippen LogP contribution is 2.42. The number of amides is 1. The van der Waals surface area contributed by atoms with E-state index in [9.17, 15) is 9.59 Å². The van der Waals surface area contributed by atoms with E-state index in [4.69, 9.17) is 9.47 Å². The molecule has 0 spiro atoms. The second-order valence-electron chi connectivity index (χ2n) is 7.22. The minimum Gasteiger partial charge on any atom is -0.493 e. The lowest BCUT2D eigenvalue weighted by Gasteiger charge is -2.18. The van der Waals surface area contributed by atoms with Crippen LogP contribution in [0.3, 0.4) is 0 Å². The van der Waals surface area contributed by atoms with Crippen LogP contribution in [0.2, 0.25) is 0 Å². The number of carbonyl (C=O) groups excluding carboxylic acids is 1. The Labute approximate surface area is 157 Å². The van der Waals surface area contributed by atoms with Gasteiger partial charge in [0.15, 0.2) is 11.5 Å². The summed E-state index contributed by atoms with van der Waals surface area (Å²) in [5, 5.41) is 8.09. The van der Waals surface area contributed by atoms with Gasteiger partial charge < -0.3 is 14.8 Å². The fourth-order valence-electron chi connectivity index (χ4n) is 4.26. The maximum Gasteiger partial charge on any atom is 0.279 e. The van der Waals surface area contributed by atoms with Crippen molar-refractivity contribution >= 4 is 16.7 Å². The van der Waals surface area contributed by atoms with Gasteiger partial charge >= 0.3 is 0 Å². The van der Waals surface area contributed by atoms with Gasteiger partial charge in [-0.25, -0.2) is 4.68 Å². The van der Waals surface area contributed by atoms with E-state index in [1.54, 1.807) is 18.3 Å². The number of nitrogens with one attached hydrogen (secondary N) is 1. The van der Waals surface area contributed by atoms with Crippen molar-refractivity contribution in [1.82, 2.24) is 15.1 Å². The second-order valence-corrected chi connectivity index (χ2v) is 7.22. The van der Waals surface area contributed by atoms with Crippen molar-refractivity contribution in [3.05, 3.63) is 40.8 Å². The van der Waals surface area contributed by atoms with Crippen LogP contribution in [-0.2, 0) is 11.3 Å². The van der Waals surface area contributed by atoms with Gasteiger partial charge in [-0.2, -0.15) is 5.10 Å². The monoisotopic (exact) mass is 369 g/mol. The van der Waals surface area contributed by atoms with Crippen LogP contribution in [0.5, 0.6) is 11.5 Å². The molecule has 2 bridgehead atoms. The van der Waals surface area contributed by atoms with Gasteiger partial charge in [0, 0.05) is 11.9 Å².